The number of hydrogen-bond acceptors (Lipinski definition) is 5. The maximum atomic E-state index is 13.5. The van der Waals surface area contributed by atoms with Crippen molar-refractivity contribution in [3.63, 3.8) is 0 Å². The molecule has 1 aromatic heterocycles. The van der Waals surface area contributed by atoms with Crippen LogP contribution >= 0.6 is 0 Å². The molecular weight excluding hydrogens is 646 g/mol. The average molecular weight is 692 g/mol. The van der Waals surface area contributed by atoms with Crippen LogP contribution in [0.4, 0.5) is 18.9 Å². The van der Waals surface area contributed by atoms with E-state index >= 15 is 0 Å². The van der Waals surface area contributed by atoms with Crippen LogP contribution in [0.3, 0.4) is 0 Å². The Kier molecular flexibility index (Phi) is 12.6. The van der Waals surface area contributed by atoms with Gasteiger partial charge in [-0.15, -0.1) is 0 Å². The predicted octanol–water partition coefficient (Wildman–Crippen LogP) is 8.13. The summed E-state index contributed by atoms with van der Waals surface area (Å²) >= 11 is -2.74. The Bertz CT molecular complexity index is 1180. The minimum absolute atomic E-state index is 0.0189. The van der Waals surface area contributed by atoms with Gasteiger partial charge in [0.05, 0.1) is 0 Å². The van der Waals surface area contributed by atoms with Gasteiger partial charge in [0.15, 0.2) is 0 Å². The number of piperidine rings is 1. The summed E-state index contributed by atoms with van der Waals surface area (Å²) in [6.07, 6.45) is 5.52. The van der Waals surface area contributed by atoms with Crippen LogP contribution in [0.5, 0.6) is 0 Å². The first-order chi connectivity index (χ1) is 20.1. The predicted molar refractivity (Wildman–Crippen MR) is 165 cm³/mol. The number of unbranched alkanes of at least 4 members (excludes halogenated alkanes) is 3. The van der Waals surface area contributed by atoms with Crippen LogP contribution in [0.1, 0.15) is 95.8 Å². The standard InChI is InChI=1S/C21H19F3N3O2.3C4H9.Sn/c1-2-29-19(28)20(17-4-3-9-26-14-17)7-10-27(11-8-20)18-6-5-16(21(22,23)24)12-15(18)13-25;3*1-3-4-2;/h3-6,12,14H,2,7-8,10-11H2,1H3;3*1,3-4H2,2H3;. The third-order valence-electron chi connectivity index (χ3n) is 8.95. The minimum atomic E-state index is -4.52. The number of rotatable bonds is 14. The Labute approximate surface area is 253 Å². The number of alkyl halides is 3. The summed E-state index contributed by atoms with van der Waals surface area (Å²) in [5.74, 6) is -0.287. The van der Waals surface area contributed by atoms with Crippen molar-refractivity contribution in [2.45, 2.75) is 104 Å². The molecule has 2 aromatic rings. The molecule has 0 N–H and O–H groups in total. The molecule has 42 heavy (non-hydrogen) atoms. The van der Waals surface area contributed by atoms with Crippen LogP contribution in [0.25, 0.3) is 0 Å². The molecule has 0 unspecified atom stereocenters. The quantitative estimate of drug-likeness (QED) is 0.148. The zero-order valence-corrected chi connectivity index (χ0v) is 28.5. The van der Waals surface area contributed by atoms with E-state index in [-0.39, 0.29) is 18.1 Å². The van der Waals surface area contributed by atoms with Crippen molar-refractivity contribution in [1.82, 2.24) is 4.98 Å². The first-order valence-electron chi connectivity index (χ1n) is 15.6. The Morgan fingerprint density at radius 3 is 2.05 bits per heavy atom. The summed E-state index contributed by atoms with van der Waals surface area (Å²) in [4.78, 5) is 20.5. The second-order valence-electron chi connectivity index (χ2n) is 11.7. The number of halogens is 3. The fraction of sp³-hybridized carbons (Fsp3) is 0.606. The van der Waals surface area contributed by atoms with Crippen LogP contribution < -0.4 is 8.61 Å². The van der Waals surface area contributed by atoms with Crippen molar-refractivity contribution in [3.05, 3.63) is 53.2 Å². The van der Waals surface area contributed by atoms with Crippen molar-refractivity contribution < 1.29 is 22.7 Å². The van der Waals surface area contributed by atoms with Crippen LogP contribution in [-0.2, 0) is 21.1 Å². The number of pyridine rings is 1. The molecule has 9 heteroatoms. The van der Waals surface area contributed by atoms with Crippen molar-refractivity contribution in [2.75, 3.05) is 24.6 Å². The van der Waals surface area contributed by atoms with Gasteiger partial charge >= 0.3 is 241 Å². The molecule has 2 heterocycles. The maximum absolute atomic E-state index is 13.5. The van der Waals surface area contributed by atoms with Gasteiger partial charge in [0, 0.05) is 0 Å². The summed E-state index contributed by atoms with van der Waals surface area (Å²) in [5, 5.41) is 9.61. The number of esters is 1. The van der Waals surface area contributed by atoms with Gasteiger partial charge in [-0.25, -0.2) is 0 Å². The number of carbonyl (C=O) groups excluding carboxylic acids is 1. The summed E-state index contributed by atoms with van der Waals surface area (Å²) in [7, 11) is 0. The van der Waals surface area contributed by atoms with Crippen molar-refractivity contribution in [1.29, 1.82) is 5.26 Å². The van der Waals surface area contributed by atoms with Gasteiger partial charge in [0.2, 0.25) is 0 Å². The third kappa shape index (κ3) is 7.81. The van der Waals surface area contributed by atoms with E-state index in [9.17, 15) is 23.2 Å². The molecule has 1 aliphatic rings. The normalized spacial score (nSPS) is 15.3. The number of carbonyl (C=O) groups is 1. The first-order valence-corrected chi connectivity index (χ1v) is 23.1. The zero-order chi connectivity index (χ0) is 30.8. The molecule has 1 fully saturated rings. The number of benzene rings is 1. The molecular formula is C33H46F3N3O2Sn. The number of nitriles is 1. The van der Waals surface area contributed by atoms with Crippen LogP contribution in [-0.4, -0.2) is 49.0 Å². The summed E-state index contributed by atoms with van der Waals surface area (Å²) in [6, 6.07) is 9.52. The van der Waals surface area contributed by atoms with Gasteiger partial charge in [-0.2, -0.15) is 13.2 Å². The summed E-state index contributed by atoms with van der Waals surface area (Å²) < 4.78 is 50.5. The Hall–Kier alpha value is -2.28. The van der Waals surface area contributed by atoms with E-state index in [1.54, 1.807) is 6.92 Å². The molecule has 230 valence electrons. The second-order valence-corrected chi connectivity index (χ2v) is 24.7. The number of nitrogens with zero attached hydrogens (tertiary/aromatic N) is 3. The van der Waals surface area contributed by atoms with E-state index in [1.165, 1.54) is 61.6 Å². The van der Waals surface area contributed by atoms with E-state index in [4.69, 9.17) is 9.72 Å². The first kappa shape index (κ1) is 34.2. The van der Waals surface area contributed by atoms with E-state index < -0.39 is 35.5 Å². The van der Waals surface area contributed by atoms with E-state index in [0.29, 0.717) is 31.6 Å². The van der Waals surface area contributed by atoms with Crippen LogP contribution in [0, 0.1) is 11.3 Å². The molecule has 1 saturated heterocycles. The van der Waals surface area contributed by atoms with E-state index in [0.717, 1.165) is 17.7 Å². The second kappa shape index (κ2) is 15.4. The molecule has 1 aliphatic heterocycles. The Morgan fingerprint density at radius 1 is 1.00 bits per heavy atom. The van der Waals surface area contributed by atoms with Gasteiger partial charge in [-0.1, -0.05) is 0 Å². The zero-order valence-electron chi connectivity index (χ0n) is 25.7. The van der Waals surface area contributed by atoms with Crippen LogP contribution in [0.2, 0.25) is 13.3 Å². The molecule has 0 amide bonds. The molecule has 5 nitrogen and oxygen atoms in total. The molecule has 0 saturated carbocycles. The Balaban J connectivity index is 1.94. The molecule has 1 aromatic carbocycles. The topological polar surface area (TPSA) is 66.2 Å². The van der Waals surface area contributed by atoms with E-state index in [1.807, 2.05) is 17.2 Å². The van der Waals surface area contributed by atoms with Gasteiger partial charge in [0.25, 0.3) is 0 Å². The van der Waals surface area contributed by atoms with Gasteiger partial charge in [-0.3, -0.25) is 0 Å². The van der Waals surface area contributed by atoms with Crippen LogP contribution in [0.15, 0.2) is 36.5 Å². The number of hydrogen-bond donors (Lipinski definition) is 0. The number of aromatic nitrogens is 1. The van der Waals surface area contributed by atoms with Crippen molar-refractivity contribution in [3.8, 4) is 6.07 Å². The molecule has 0 radical (unpaired) electrons. The summed E-state index contributed by atoms with van der Waals surface area (Å²) in [5.41, 5.74) is -0.442. The number of anilines is 1. The number of ether oxygens (including phenoxy) is 1. The molecule has 0 atom stereocenters. The summed E-state index contributed by atoms with van der Waals surface area (Å²) in [6.45, 7) is 9.64. The Morgan fingerprint density at radius 2 is 1.60 bits per heavy atom. The van der Waals surface area contributed by atoms with Crippen molar-refractivity contribution in [2.24, 2.45) is 0 Å². The van der Waals surface area contributed by atoms with Gasteiger partial charge in [-0.05, 0) is 0 Å². The molecule has 0 aliphatic carbocycles. The van der Waals surface area contributed by atoms with Gasteiger partial charge < -0.3 is 0 Å². The average Bonchev–Trinajstić information content (AvgIpc) is 3.00. The molecule has 0 spiro atoms. The molecule has 0 bridgehead atoms. The SMILES string of the molecule is CCC[CH2][Sn]([CH2]CCC)([CH2]CCC)[c]1ccc(C2(C(=O)OCC)CCN(c3ccc(C(F)(F)F)cc3C#N)CC2)cn1. The fourth-order valence-corrected chi connectivity index (χ4v) is 21.8. The molecule has 3 rings (SSSR count). The van der Waals surface area contributed by atoms with E-state index in [2.05, 4.69) is 32.9 Å². The third-order valence-corrected chi connectivity index (χ3v) is 24.1. The van der Waals surface area contributed by atoms with Gasteiger partial charge in [0.1, 0.15) is 0 Å². The van der Waals surface area contributed by atoms with Crippen molar-refractivity contribution >= 4 is 33.7 Å². The fourth-order valence-electron chi connectivity index (χ4n) is 6.38. The monoisotopic (exact) mass is 693 g/mol.